The van der Waals surface area contributed by atoms with Crippen LogP contribution in [0, 0.1) is 0 Å². The van der Waals surface area contributed by atoms with Crippen LogP contribution in [0.25, 0.3) is 0 Å². The number of nitrogen functional groups attached to an aromatic ring is 1. The van der Waals surface area contributed by atoms with Gasteiger partial charge in [-0.25, -0.2) is 9.89 Å². The summed E-state index contributed by atoms with van der Waals surface area (Å²) >= 11 is 1.33. The molecule has 0 unspecified atom stereocenters. The van der Waals surface area contributed by atoms with E-state index < -0.39 is 0 Å². The van der Waals surface area contributed by atoms with E-state index in [4.69, 9.17) is 5.73 Å². The number of carbonyl (C=O) groups is 1. The van der Waals surface area contributed by atoms with Crippen molar-refractivity contribution in [2.75, 3.05) is 5.73 Å². The fraction of sp³-hybridized carbons (Fsp3) is 0.308. The van der Waals surface area contributed by atoms with Gasteiger partial charge in [-0.2, -0.15) is 0 Å². The molecule has 0 radical (unpaired) electrons. The molecule has 106 valence electrons. The lowest BCUT2D eigenvalue weighted by atomic mass is 10.1. The van der Waals surface area contributed by atoms with Gasteiger partial charge < -0.3 is 5.73 Å². The fourth-order valence-corrected chi connectivity index (χ4v) is 2.71. The highest BCUT2D eigenvalue weighted by atomic mass is 32.2. The van der Waals surface area contributed by atoms with E-state index in [0.717, 1.165) is 11.3 Å². The monoisotopic (exact) mass is 292 g/mol. The third kappa shape index (κ3) is 2.93. The van der Waals surface area contributed by atoms with Crippen molar-refractivity contribution in [1.82, 2.24) is 14.8 Å². The third-order valence-corrected chi connectivity index (χ3v) is 3.77. The quantitative estimate of drug-likeness (QED) is 0.648. The van der Waals surface area contributed by atoms with Crippen molar-refractivity contribution in [2.45, 2.75) is 36.9 Å². The van der Waals surface area contributed by atoms with Gasteiger partial charge in [-0.05, 0) is 43.3 Å². The van der Waals surface area contributed by atoms with Crippen molar-refractivity contribution in [1.29, 1.82) is 0 Å². The molecule has 0 aliphatic rings. The van der Waals surface area contributed by atoms with E-state index in [1.807, 2.05) is 13.0 Å². The number of H-pyrrole nitrogens is 1. The molecule has 0 spiro atoms. The molecule has 0 saturated carbocycles. The Hall–Kier alpha value is -2.02. The first-order valence-electron chi connectivity index (χ1n) is 6.26. The lowest BCUT2D eigenvalue weighted by Gasteiger charge is -2.06. The van der Waals surface area contributed by atoms with E-state index in [-0.39, 0.29) is 11.5 Å². The summed E-state index contributed by atoms with van der Waals surface area (Å²) < 4.78 is 1.58. The van der Waals surface area contributed by atoms with Crippen molar-refractivity contribution in [2.24, 2.45) is 0 Å². The second kappa shape index (κ2) is 5.96. The number of anilines is 1. The fourth-order valence-electron chi connectivity index (χ4n) is 1.81. The number of benzene rings is 1. The second-order valence-corrected chi connectivity index (χ2v) is 5.41. The summed E-state index contributed by atoms with van der Waals surface area (Å²) in [5.74, 6) is -0.0853. The summed E-state index contributed by atoms with van der Waals surface area (Å²) in [5, 5.41) is 7.01. The molecule has 6 nitrogen and oxygen atoms in total. The maximum Gasteiger partial charge on any atom is 0.343 e. The number of rotatable bonds is 5. The highest BCUT2D eigenvalue weighted by Gasteiger charge is 2.11. The molecule has 0 aliphatic heterocycles. The number of nitrogens with one attached hydrogen (secondary N) is 1. The third-order valence-electron chi connectivity index (χ3n) is 2.78. The summed E-state index contributed by atoms with van der Waals surface area (Å²) in [5.41, 5.74) is 6.47. The Bertz CT molecular complexity index is 690. The molecule has 3 N–H and O–H groups in total. The lowest BCUT2D eigenvalue weighted by Crippen LogP contribution is -2.17. The van der Waals surface area contributed by atoms with Crippen LogP contribution in [0.4, 0.5) is 5.69 Å². The Morgan fingerprint density at radius 2 is 2.25 bits per heavy atom. The number of nitrogens with two attached hydrogens (primary N) is 1. The molecule has 2 aromatic rings. The van der Waals surface area contributed by atoms with Crippen molar-refractivity contribution in [3.63, 3.8) is 0 Å². The van der Waals surface area contributed by atoms with Gasteiger partial charge >= 0.3 is 5.69 Å². The molecule has 1 aromatic carbocycles. The van der Waals surface area contributed by atoms with Gasteiger partial charge in [-0.3, -0.25) is 9.36 Å². The highest BCUT2D eigenvalue weighted by Crippen LogP contribution is 2.28. The van der Waals surface area contributed by atoms with Crippen LogP contribution in [0.1, 0.15) is 30.6 Å². The molecule has 0 fully saturated rings. The Morgan fingerprint density at radius 1 is 1.50 bits per heavy atom. The van der Waals surface area contributed by atoms with Gasteiger partial charge in [-0.15, -0.1) is 5.10 Å². The zero-order chi connectivity index (χ0) is 14.7. The first-order chi connectivity index (χ1) is 9.52. The van der Waals surface area contributed by atoms with Crippen LogP contribution in [-0.2, 0) is 6.54 Å². The number of hydrogen-bond acceptors (Lipinski definition) is 5. The lowest BCUT2D eigenvalue weighted by molar-refractivity contribution is 0.101. The molecular weight excluding hydrogens is 276 g/mol. The number of Topliss-reactive ketones (excluding diaryl/α,β-unsaturated/α-hetero) is 1. The van der Waals surface area contributed by atoms with E-state index in [0.29, 0.717) is 23.0 Å². The van der Waals surface area contributed by atoms with Gasteiger partial charge in [0.15, 0.2) is 10.9 Å². The summed E-state index contributed by atoms with van der Waals surface area (Å²) in [6.45, 7) is 4.07. The minimum atomic E-state index is -0.225. The molecular formula is C13H16N4O2S. The maximum atomic E-state index is 11.6. The minimum Gasteiger partial charge on any atom is -0.398 e. The largest absolute Gasteiger partial charge is 0.398 e. The maximum absolute atomic E-state index is 11.6. The molecule has 0 amide bonds. The molecule has 0 saturated heterocycles. The first-order valence-corrected chi connectivity index (χ1v) is 7.08. The van der Waals surface area contributed by atoms with E-state index in [9.17, 15) is 9.59 Å². The van der Waals surface area contributed by atoms with Crippen LogP contribution in [0.2, 0.25) is 0 Å². The van der Waals surface area contributed by atoms with Gasteiger partial charge in [0.1, 0.15) is 0 Å². The summed E-state index contributed by atoms with van der Waals surface area (Å²) in [6.07, 6.45) is 0.841. The van der Waals surface area contributed by atoms with Gasteiger partial charge in [0.25, 0.3) is 0 Å². The first kappa shape index (κ1) is 14.4. The van der Waals surface area contributed by atoms with Crippen LogP contribution in [0.5, 0.6) is 0 Å². The summed E-state index contributed by atoms with van der Waals surface area (Å²) in [7, 11) is 0. The van der Waals surface area contributed by atoms with E-state index in [2.05, 4.69) is 10.2 Å². The van der Waals surface area contributed by atoms with Crippen LogP contribution in [-0.4, -0.2) is 20.5 Å². The molecule has 0 atom stereocenters. The summed E-state index contributed by atoms with van der Waals surface area (Å²) in [6, 6.07) is 5.22. The van der Waals surface area contributed by atoms with Gasteiger partial charge in [0, 0.05) is 22.7 Å². The number of ketones is 1. The Balaban J connectivity index is 2.33. The zero-order valence-electron chi connectivity index (χ0n) is 11.3. The van der Waals surface area contributed by atoms with Crippen LogP contribution in [0.15, 0.2) is 33.0 Å². The van der Waals surface area contributed by atoms with Crippen molar-refractivity contribution >= 4 is 23.2 Å². The van der Waals surface area contributed by atoms with Crippen LogP contribution in [0.3, 0.4) is 0 Å². The van der Waals surface area contributed by atoms with Gasteiger partial charge in [0.2, 0.25) is 0 Å². The van der Waals surface area contributed by atoms with Gasteiger partial charge in [0.05, 0.1) is 0 Å². The van der Waals surface area contributed by atoms with E-state index in [1.54, 1.807) is 16.7 Å². The molecule has 1 aromatic heterocycles. The Labute approximate surface area is 120 Å². The second-order valence-electron chi connectivity index (χ2n) is 4.37. The minimum absolute atomic E-state index is 0.0853. The number of aromatic amines is 1. The van der Waals surface area contributed by atoms with E-state index >= 15 is 0 Å². The predicted molar refractivity (Wildman–Crippen MR) is 78.1 cm³/mol. The van der Waals surface area contributed by atoms with Crippen LogP contribution >= 0.6 is 11.8 Å². The standard InChI is InChI=1S/C13H16N4O2S/c1-3-6-17-12(19)15-16-13(17)20-9-4-5-11(14)10(7-9)8(2)18/h4-5,7H,3,6,14H2,1-2H3,(H,15,19). The molecule has 7 heteroatoms. The Kier molecular flexibility index (Phi) is 4.29. The van der Waals surface area contributed by atoms with Crippen LogP contribution < -0.4 is 11.4 Å². The number of aromatic nitrogens is 3. The van der Waals surface area contributed by atoms with Crippen molar-refractivity contribution in [3.05, 3.63) is 34.2 Å². The van der Waals surface area contributed by atoms with Crippen molar-refractivity contribution in [3.8, 4) is 0 Å². The molecule has 0 bridgehead atoms. The highest BCUT2D eigenvalue weighted by molar-refractivity contribution is 7.99. The molecule has 0 aliphatic carbocycles. The number of hydrogen-bond donors (Lipinski definition) is 2. The molecule has 20 heavy (non-hydrogen) atoms. The summed E-state index contributed by atoms with van der Waals surface area (Å²) in [4.78, 5) is 23.9. The van der Waals surface area contributed by atoms with Crippen molar-refractivity contribution < 1.29 is 4.79 Å². The molecule has 2 rings (SSSR count). The topological polar surface area (TPSA) is 93.8 Å². The average molecular weight is 292 g/mol. The SMILES string of the molecule is CCCn1c(Sc2ccc(N)c(C(C)=O)c2)n[nH]c1=O. The van der Waals surface area contributed by atoms with Gasteiger partial charge in [-0.1, -0.05) is 6.92 Å². The predicted octanol–water partition coefficient (Wildman–Crippen LogP) is 1.92. The number of nitrogens with zero attached hydrogens (tertiary/aromatic N) is 2. The normalized spacial score (nSPS) is 10.7. The zero-order valence-corrected chi connectivity index (χ0v) is 12.2. The molecule has 1 heterocycles. The smallest absolute Gasteiger partial charge is 0.343 e. The Morgan fingerprint density at radius 3 is 2.90 bits per heavy atom. The average Bonchev–Trinajstić information content (AvgIpc) is 2.74. The number of carbonyl (C=O) groups excluding carboxylic acids is 1. The van der Waals surface area contributed by atoms with E-state index in [1.165, 1.54) is 18.7 Å².